The van der Waals surface area contributed by atoms with E-state index in [2.05, 4.69) is 31.3 Å². The van der Waals surface area contributed by atoms with Crippen LogP contribution >= 0.6 is 0 Å². The molecule has 0 saturated heterocycles. The molecule has 0 heterocycles. The summed E-state index contributed by atoms with van der Waals surface area (Å²) in [6, 6.07) is 0. The zero-order chi connectivity index (χ0) is 18.0. The Balaban J connectivity index is 2.20. The van der Waals surface area contributed by atoms with E-state index in [1.165, 1.54) is 30.4 Å². The van der Waals surface area contributed by atoms with Crippen LogP contribution in [0.1, 0.15) is 85.0 Å². The number of hydrazone groups is 1. The Morgan fingerprint density at radius 3 is 2.50 bits per heavy atom. The largest absolute Gasteiger partial charge is 0.481 e. The Bertz CT molecular complexity index is 493. The molecule has 1 aliphatic rings. The van der Waals surface area contributed by atoms with Gasteiger partial charge in [-0.1, -0.05) is 37.8 Å². The van der Waals surface area contributed by atoms with Crippen LogP contribution in [0, 0.1) is 5.41 Å². The Morgan fingerprint density at radius 2 is 1.88 bits per heavy atom. The zero-order valence-electron chi connectivity index (χ0n) is 15.4. The minimum absolute atomic E-state index is 0.0712. The molecule has 0 aromatic rings. The molecule has 2 N–H and O–H groups in total. The zero-order valence-corrected chi connectivity index (χ0v) is 15.4. The fourth-order valence-electron chi connectivity index (χ4n) is 3.35. The van der Waals surface area contributed by atoms with Gasteiger partial charge in [-0.05, 0) is 44.4 Å². The minimum atomic E-state index is -0.756. The van der Waals surface area contributed by atoms with Gasteiger partial charge in [0, 0.05) is 25.5 Å². The molecule has 24 heavy (non-hydrogen) atoms. The topological polar surface area (TPSA) is 78.8 Å². The van der Waals surface area contributed by atoms with Crippen molar-refractivity contribution in [1.29, 1.82) is 0 Å². The van der Waals surface area contributed by atoms with Gasteiger partial charge in [0.25, 0.3) is 0 Å². The van der Waals surface area contributed by atoms with Crippen molar-refractivity contribution in [2.45, 2.75) is 85.0 Å². The summed E-state index contributed by atoms with van der Waals surface area (Å²) >= 11 is 0. The number of allylic oxidation sites excluding steroid dienone is 2. The van der Waals surface area contributed by atoms with Gasteiger partial charge in [-0.2, -0.15) is 5.10 Å². The second kappa shape index (κ2) is 10.3. The number of unbranched alkanes of at least 4 members (excludes halogenated alkanes) is 3. The first-order valence-corrected chi connectivity index (χ1v) is 9.04. The molecule has 0 radical (unpaired) electrons. The van der Waals surface area contributed by atoms with E-state index in [0.717, 1.165) is 25.7 Å². The number of amides is 1. The molecule has 5 nitrogen and oxygen atoms in total. The van der Waals surface area contributed by atoms with Crippen LogP contribution in [-0.2, 0) is 9.59 Å². The first kappa shape index (κ1) is 20.4. The van der Waals surface area contributed by atoms with Gasteiger partial charge in [0.15, 0.2) is 0 Å². The molecule has 0 aromatic carbocycles. The van der Waals surface area contributed by atoms with E-state index in [-0.39, 0.29) is 17.7 Å². The normalized spacial score (nSPS) is 17.3. The Hall–Kier alpha value is -1.65. The maximum atomic E-state index is 11.7. The van der Waals surface area contributed by atoms with E-state index >= 15 is 0 Å². The summed E-state index contributed by atoms with van der Waals surface area (Å²) < 4.78 is 0. The summed E-state index contributed by atoms with van der Waals surface area (Å²) in [7, 11) is 0. The predicted molar refractivity (Wildman–Crippen MR) is 96.9 cm³/mol. The van der Waals surface area contributed by atoms with Crippen LogP contribution in [0.3, 0.4) is 0 Å². The number of carbonyl (C=O) groups excluding carboxylic acids is 1. The number of rotatable bonds is 10. The van der Waals surface area contributed by atoms with Gasteiger partial charge < -0.3 is 5.11 Å². The third kappa shape index (κ3) is 7.75. The molecule has 0 fully saturated rings. The molecule has 0 bridgehead atoms. The fourth-order valence-corrected chi connectivity index (χ4v) is 3.35. The highest BCUT2D eigenvalue weighted by atomic mass is 16.4. The van der Waals surface area contributed by atoms with E-state index < -0.39 is 5.97 Å². The van der Waals surface area contributed by atoms with Crippen LogP contribution in [0.25, 0.3) is 0 Å². The molecule has 0 atom stereocenters. The molecule has 0 aromatic heterocycles. The highest BCUT2D eigenvalue weighted by molar-refractivity contribution is 5.76. The van der Waals surface area contributed by atoms with Gasteiger partial charge in [0.2, 0.25) is 5.91 Å². The summed E-state index contributed by atoms with van der Waals surface area (Å²) in [6.07, 6.45) is 10.1. The molecule has 0 unspecified atom stereocenters. The van der Waals surface area contributed by atoms with Gasteiger partial charge in [-0.3, -0.25) is 9.59 Å². The predicted octanol–water partition coefficient (Wildman–Crippen LogP) is 4.43. The number of nitrogens with one attached hydrogen (secondary N) is 1. The van der Waals surface area contributed by atoms with Gasteiger partial charge in [-0.15, -0.1) is 0 Å². The third-order valence-corrected chi connectivity index (χ3v) is 4.81. The number of carboxylic acids is 1. The fraction of sp³-hybridized carbons (Fsp3) is 0.737. The first-order valence-electron chi connectivity index (χ1n) is 9.04. The van der Waals surface area contributed by atoms with Crippen molar-refractivity contribution in [3.8, 4) is 0 Å². The van der Waals surface area contributed by atoms with Gasteiger partial charge in [0.05, 0.1) is 0 Å². The van der Waals surface area contributed by atoms with Crippen molar-refractivity contribution < 1.29 is 14.7 Å². The average molecular weight is 336 g/mol. The van der Waals surface area contributed by atoms with Crippen LogP contribution in [-0.4, -0.2) is 23.2 Å². The van der Waals surface area contributed by atoms with Gasteiger partial charge in [0.1, 0.15) is 0 Å². The van der Waals surface area contributed by atoms with E-state index in [4.69, 9.17) is 5.11 Å². The van der Waals surface area contributed by atoms with E-state index in [0.29, 0.717) is 12.8 Å². The summed E-state index contributed by atoms with van der Waals surface area (Å²) in [5, 5.41) is 12.6. The molecule has 136 valence electrons. The molecule has 1 rings (SSSR count). The number of hydrogen-bond acceptors (Lipinski definition) is 3. The molecule has 0 spiro atoms. The molecular weight excluding hydrogens is 304 g/mol. The SMILES string of the molecule is CC1=C(C/C=N/NC(=O)CCCCCCC(=O)O)C(C)(C)CCC1. The maximum Gasteiger partial charge on any atom is 0.303 e. The number of aliphatic carboxylic acids is 1. The summed E-state index contributed by atoms with van der Waals surface area (Å²) in [5.41, 5.74) is 5.73. The van der Waals surface area contributed by atoms with Gasteiger partial charge in [-0.25, -0.2) is 5.43 Å². The van der Waals surface area contributed by atoms with E-state index in [9.17, 15) is 9.59 Å². The summed E-state index contributed by atoms with van der Waals surface area (Å²) in [6.45, 7) is 6.76. The van der Waals surface area contributed by atoms with Crippen molar-refractivity contribution in [2.75, 3.05) is 0 Å². The lowest BCUT2D eigenvalue weighted by molar-refractivity contribution is -0.137. The minimum Gasteiger partial charge on any atom is -0.481 e. The average Bonchev–Trinajstić information content (AvgIpc) is 2.48. The van der Waals surface area contributed by atoms with E-state index in [1.807, 2.05) is 0 Å². The Labute approximate surface area is 145 Å². The lowest BCUT2D eigenvalue weighted by atomic mass is 9.72. The highest BCUT2D eigenvalue weighted by Gasteiger charge is 2.27. The summed E-state index contributed by atoms with van der Waals surface area (Å²) in [4.78, 5) is 22.1. The molecule has 0 saturated carbocycles. The lowest BCUT2D eigenvalue weighted by Gasteiger charge is -2.34. The third-order valence-electron chi connectivity index (χ3n) is 4.81. The van der Waals surface area contributed by atoms with Crippen molar-refractivity contribution in [2.24, 2.45) is 10.5 Å². The second-order valence-corrected chi connectivity index (χ2v) is 7.36. The molecular formula is C19H32N2O3. The lowest BCUT2D eigenvalue weighted by Crippen LogP contribution is -2.21. The smallest absolute Gasteiger partial charge is 0.303 e. The first-order chi connectivity index (χ1) is 11.3. The Kier molecular flexibility index (Phi) is 8.72. The molecule has 1 amide bonds. The van der Waals surface area contributed by atoms with Crippen molar-refractivity contribution in [3.63, 3.8) is 0 Å². The molecule has 1 aliphatic carbocycles. The van der Waals surface area contributed by atoms with Crippen LogP contribution in [0.4, 0.5) is 0 Å². The number of carbonyl (C=O) groups is 2. The standard InChI is InChI=1S/C19H32N2O3/c1-15-9-8-13-19(2,3)16(15)12-14-20-21-17(22)10-6-4-5-7-11-18(23)24/h14H,4-13H2,1-3H3,(H,21,22)(H,23,24)/b20-14+. The van der Waals surface area contributed by atoms with E-state index in [1.54, 1.807) is 6.21 Å². The summed E-state index contributed by atoms with van der Waals surface area (Å²) in [5.74, 6) is -0.827. The second-order valence-electron chi connectivity index (χ2n) is 7.36. The molecule has 5 heteroatoms. The maximum absolute atomic E-state index is 11.7. The van der Waals surface area contributed by atoms with Crippen LogP contribution < -0.4 is 5.43 Å². The van der Waals surface area contributed by atoms with Crippen molar-refractivity contribution in [1.82, 2.24) is 5.43 Å². The highest BCUT2D eigenvalue weighted by Crippen LogP contribution is 2.41. The Morgan fingerprint density at radius 1 is 1.21 bits per heavy atom. The van der Waals surface area contributed by atoms with Crippen molar-refractivity contribution in [3.05, 3.63) is 11.1 Å². The quantitative estimate of drug-likeness (QED) is 0.268. The van der Waals surface area contributed by atoms with Crippen LogP contribution in [0.5, 0.6) is 0 Å². The van der Waals surface area contributed by atoms with Crippen LogP contribution in [0.15, 0.2) is 16.2 Å². The molecule has 0 aliphatic heterocycles. The number of carboxylic acid groups (broad SMARTS) is 1. The van der Waals surface area contributed by atoms with Crippen LogP contribution in [0.2, 0.25) is 0 Å². The number of nitrogens with zero attached hydrogens (tertiary/aromatic N) is 1. The monoisotopic (exact) mass is 336 g/mol. The number of hydrogen-bond donors (Lipinski definition) is 2. The van der Waals surface area contributed by atoms with Crippen molar-refractivity contribution >= 4 is 18.1 Å². The van der Waals surface area contributed by atoms with Gasteiger partial charge >= 0.3 is 5.97 Å².